The first-order valence-corrected chi connectivity index (χ1v) is 9.77. The molecule has 2 rings (SSSR count). The van der Waals surface area contributed by atoms with Crippen LogP contribution in [0.3, 0.4) is 0 Å². The van der Waals surface area contributed by atoms with Crippen molar-refractivity contribution < 1.29 is 14.4 Å². The van der Waals surface area contributed by atoms with Crippen molar-refractivity contribution in [1.29, 1.82) is 0 Å². The Balaban J connectivity index is 1.91. The quantitative estimate of drug-likeness (QED) is 0.574. The van der Waals surface area contributed by atoms with Crippen molar-refractivity contribution in [1.82, 2.24) is 4.90 Å². The first-order valence-electron chi connectivity index (χ1n) is 9.77. The third kappa shape index (κ3) is 6.64. The maximum atomic E-state index is 12.6. The Labute approximate surface area is 171 Å². The first-order chi connectivity index (χ1) is 13.9. The minimum absolute atomic E-state index is 0.0207. The number of carbonyl (C=O) groups is 3. The first kappa shape index (κ1) is 21.9. The molecule has 0 bridgehead atoms. The van der Waals surface area contributed by atoms with E-state index >= 15 is 0 Å². The average Bonchev–Trinajstić information content (AvgIpc) is 2.72. The molecule has 0 aliphatic heterocycles. The molecule has 154 valence electrons. The highest BCUT2D eigenvalue weighted by molar-refractivity contribution is 5.97. The van der Waals surface area contributed by atoms with E-state index in [0.717, 1.165) is 31.6 Å². The van der Waals surface area contributed by atoms with Crippen molar-refractivity contribution in [2.75, 3.05) is 30.3 Å². The molecule has 3 amide bonds. The zero-order valence-corrected chi connectivity index (χ0v) is 16.9. The van der Waals surface area contributed by atoms with Crippen LogP contribution in [0.4, 0.5) is 11.4 Å². The summed E-state index contributed by atoms with van der Waals surface area (Å²) in [7, 11) is 0. The van der Waals surface area contributed by atoms with Gasteiger partial charge >= 0.3 is 0 Å². The molecule has 0 heterocycles. The third-order valence-corrected chi connectivity index (χ3v) is 4.29. The molecule has 4 N–H and O–H groups in total. The van der Waals surface area contributed by atoms with Crippen molar-refractivity contribution >= 4 is 29.1 Å². The highest BCUT2D eigenvalue weighted by Crippen LogP contribution is 2.13. The van der Waals surface area contributed by atoms with Crippen LogP contribution in [0.15, 0.2) is 48.5 Å². The average molecular weight is 396 g/mol. The number of benzene rings is 2. The van der Waals surface area contributed by atoms with Crippen molar-refractivity contribution in [3.8, 4) is 0 Å². The maximum absolute atomic E-state index is 12.6. The van der Waals surface area contributed by atoms with E-state index in [0.29, 0.717) is 16.8 Å². The molecule has 29 heavy (non-hydrogen) atoms. The molecule has 0 unspecified atom stereocenters. The minimum Gasteiger partial charge on any atom is -0.376 e. The molecular formula is C22H28N4O3. The molecule has 2 aromatic carbocycles. The second-order valence-corrected chi connectivity index (χ2v) is 6.72. The van der Waals surface area contributed by atoms with Crippen LogP contribution in [0, 0.1) is 0 Å². The van der Waals surface area contributed by atoms with Gasteiger partial charge in [0.1, 0.15) is 0 Å². The fourth-order valence-electron chi connectivity index (χ4n) is 2.91. The number of hydrogen-bond acceptors (Lipinski definition) is 4. The van der Waals surface area contributed by atoms with Crippen LogP contribution in [0.2, 0.25) is 0 Å². The maximum Gasteiger partial charge on any atom is 0.253 e. The molecule has 7 nitrogen and oxygen atoms in total. The van der Waals surface area contributed by atoms with Crippen molar-refractivity contribution in [2.45, 2.75) is 26.7 Å². The molecule has 0 spiro atoms. The normalized spacial score (nSPS) is 10.3. The number of amides is 3. The second-order valence-electron chi connectivity index (χ2n) is 6.72. The number of nitrogens with zero attached hydrogens (tertiary/aromatic N) is 1. The van der Waals surface area contributed by atoms with Crippen molar-refractivity contribution in [3.63, 3.8) is 0 Å². The lowest BCUT2D eigenvalue weighted by Crippen LogP contribution is -2.32. The monoisotopic (exact) mass is 396 g/mol. The number of primary amides is 1. The van der Waals surface area contributed by atoms with Gasteiger partial charge in [-0.15, -0.1) is 0 Å². The molecule has 0 radical (unpaired) electrons. The van der Waals surface area contributed by atoms with Crippen LogP contribution < -0.4 is 16.4 Å². The van der Waals surface area contributed by atoms with E-state index in [2.05, 4.69) is 24.5 Å². The lowest BCUT2D eigenvalue weighted by atomic mass is 10.1. The van der Waals surface area contributed by atoms with Gasteiger partial charge in [-0.2, -0.15) is 0 Å². The van der Waals surface area contributed by atoms with Crippen LogP contribution in [-0.2, 0) is 4.79 Å². The summed E-state index contributed by atoms with van der Waals surface area (Å²) in [4.78, 5) is 37.8. The van der Waals surface area contributed by atoms with Gasteiger partial charge in [-0.05, 0) is 55.3 Å². The van der Waals surface area contributed by atoms with Crippen LogP contribution in [0.1, 0.15) is 47.4 Å². The summed E-state index contributed by atoms with van der Waals surface area (Å²) in [5, 5.41) is 5.73. The van der Waals surface area contributed by atoms with Crippen LogP contribution >= 0.6 is 0 Å². The number of nitrogens with two attached hydrogens (primary N) is 1. The van der Waals surface area contributed by atoms with E-state index in [-0.39, 0.29) is 18.4 Å². The predicted molar refractivity (Wildman–Crippen MR) is 115 cm³/mol. The molecule has 0 aromatic heterocycles. The molecule has 0 saturated carbocycles. The fraction of sp³-hybridized carbons (Fsp3) is 0.318. The van der Waals surface area contributed by atoms with Gasteiger partial charge in [-0.25, -0.2) is 0 Å². The van der Waals surface area contributed by atoms with E-state index in [1.54, 1.807) is 42.5 Å². The summed E-state index contributed by atoms with van der Waals surface area (Å²) < 4.78 is 0. The number of nitrogens with one attached hydrogen (secondary N) is 2. The van der Waals surface area contributed by atoms with E-state index in [9.17, 15) is 14.4 Å². The minimum atomic E-state index is -0.551. The van der Waals surface area contributed by atoms with Gasteiger partial charge in [0, 0.05) is 35.6 Å². The summed E-state index contributed by atoms with van der Waals surface area (Å²) >= 11 is 0. The Morgan fingerprint density at radius 1 is 0.897 bits per heavy atom. The van der Waals surface area contributed by atoms with Gasteiger partial charge in [0.05, 0.1) is 6.54 Å². The standard InChI is InChI=1S/C22H28N4O3/c1-3-12-26(13-4-2)22(29)16-8-10-18(11-9-16)24-15-20(27)25-19-7-5-6-17(14-19)21(23)28/h5-11,14,24H,3-4,12-13,15H2,1-2H3,(H2,23,28)(H,25,27). The van der Waals surface area contributed by atoms with Crippen molar-refractivity contribution in [2.24, 2.45) is 5.73 Å². The van der Waals surface area contributed by atoms with Gasteiger partial charge in [0.2, 0.25) is 11.8 Å². The largest absolute Gasteiger partial charge is 0.376 e. The van der Waals surface area contributed by atoms with E-state index in [1.165, 1.54) is 6.07 Å². The predicted octanol–water partition coefficient (Wildman–Crippen LogP) is 3.10. The summed E-state index contributed by atoms with van der Waals surface area (Å²) in [6, 6.07) is 13.5. The number of rotatable bonds is 10. The topological polar surface area (TPSA) is 105 Å². The summed E-state index contributed by atoms with van der Waals surface area (Å²) in [5.74, 6) is -0.790. The SMILES string of the molecule is CCCN(CCC)C(=O)c1ccc(NCC(=O)Nc2cccc(C(N)=O)c2)cc1. The van der Waals surface area contributed by atoms with E-state index in [4.69, 9.17) is 5.73 Å². The molecule has 2 aromatic rings. The molecule has 0 aliphatic rings. The second kappa shape index (κ2) is 10.8. The Bertz CT molecular complexity index is 843. The highest BCUT2D eigenvalue weighted by Gasteiger charge is 2.14. The molecule has 0 aliphatic carbocycles. The zero-order valence-electron chi connectivity index (χ0n) is 16.9. The summed E-state index contributed by atoms with van der Waals surface area (Å²) in [6.07, 6.45) is 1.84. The number of hydrogen-bond donors (Lipinski definition) is 3. The molecule has 0 atom stereocenters. The molecule has 0 fully saturated rings. The molecular weight excluding hydrogens is 368 g/mol. The Morgan fingerprint density at radius 3 is 2.14 bits per heavy atom. The van der Waals surface area contributed by atoms with Gasteiger partial charge in [-0.1, -0.05) is 19.9 Å². The van der Waals surface area contributed by atoms with Gasteiger partial charge in [0.15, 0.2) is 0 Å². The van der Waals surface area contributed by atoms with Crippen molar-refractivity contribution in [3.05, 3.63) is 59.7 Å². The third-order valence-electron chi connectivity index (χ3n) is 4.29. The Hall–Kier alpha value is -3.35. The molecule has 0 saturated heterocycles. The van der Waals surface area contributed by atoms with Gasteiger partial charge < -0.3 is 21.3 Å². The Kier molecular flexibility index (Phi) is 8.21. The number of carbonyl (C=O) groups excluding carboxylic acids is 3. The summed E-state index contributed by atoms with van der Waals surface area (Å²) in [5.41, 5.74) is 7.44. The highest BCUT2D eigenvalue weighted by atomic mass is 16.2. The van der Waals surface area contributed by atoms with E-state index in [1.807, 2.05) is 4.90 Å². The summed E-state index contributed by atoms with van der Waals surface area (Å²) in [6.45, 7) is 5.63. The number of anilines is 2. The Morgan fingerprint density at radius 2 is 1.55 bits per heavy atom. The fourth-order valence-corrected chi connectivity index (χ4v) is 2.91. The van der Waals surface area contributed by atoms with Gasteiger partial charge in [0.25, 0.3) is 5.91 Å². The smallest absolute Gasteiger partial charge is 0.253 e. The van der Waals surface area contributed by atoms with Gasteiger partial charge in [-0.3, -0.25) is 14.4 Å². The lowest BCUT2D eigenvalue weighted by Gasteiger charge is -2.21. The van der Waals surface area contributed by atoms with Crippen LogP contribution in [0.5, 0.6) is 0 Å². The zero-order chi connectivity index (χ0) is 21.2. The van der Waals surface area contributed by atoms with Crippen LogP contribution in [-0.4, -0.2) is 42.3 Å². The lowest BCUT2D eigenvalue weighted by molar-refractivity contribution is -0.114. The van der Waals surface area contributed by atoms with E-state index < -0.39 is 5.91 Å². The van der Waals surface area contributed by atoms with Crippen LogP contribution in [0.25, 0.3) is 0 Å². The molecule has 7 heteroatoms.